The van der Waals surface area contributed by atoms with E-state index in [1.54, 1.807) is 6.92 Å². The normalized spacial score (nSPS) is 13.8. The van der Waals surface area contributed by atoms with Crippen molar-refractivity contribution in [3.63, 3.8) is 0 Å². The first-order valence-electron chi connectivity index (χ1n) is 7.57. The minimum absolute atomic E-state index is 0.0201. The number of fused-ring (bicyclic) bond motifs is 1. The Hall–Kier alpha value is -1.92. The summed E-state index contributed by atoms with van der Waals surface area (Å²) in [5, 5.41) is 16.7. The van der Waals surface area contributed by atoms with Crippen molar-refractivity contribution < 1.29 is 14.7 Å². The predicted molar refractivity (Wildman–Crippen MR) is 92.3 cm³/mol. The second-order valence-corrected chi connectivity index (χ2v) is 7.29. The van der Waals surface area contributed by atoms with Crippen molar-refractivity contribution in [2.24, 2.45) is 5.92 Å². The molecule has 5 nitrogen and oxygen atoms in total. The fraction of sp³-hybridized carbons (Fsp3) is 0.412. The Labute approximate surface area is 139 Å². The molecule has 0 saturated carbocycles. The van der Waals surface area contributed by atoms with Crippen LogP contribution in [-0.2, 0) is 15.2 Å². The zero-order valence-corrected chi connectivity index (χ0v) is 14.4. The number of benzene rings is 1. The number of nitrogens with one attached hydrogen (secondary N) is 2. The second-order valence-electron chi connectivity index (χ2n) is 6.21. The van der Waals surface area contributed by atoms with Crippen LogP contribution in [0.15, 0.2) is 30.3 Å². The summed E-state index contributed by atoms with van der Waals surface area (Å²) < 4.78 is 1.07. The maximum absolute atomic E-state index is 11.8. The molecule has 2 rings (SSSR count). The third kappa shape index (κ3) is 4.53. The van der Waals surface area contributed by atoms with Gasteiger partial charge in [0.05, 0.1) is 6.54 Å². The SMILES string of the molecule is CC(C)CNC(=O)C(=O)NCC(C)(O)c1cc2ccccc2s1. The summed E-state index contributed by atoms with van der Waals surface area (Å²) in [6, 6.07) is 9.75. The minimum Gasteiger partial charge on any atom is -0.383 e. The molecule has 0 bridgehead atoms. The van der Waals surface area contributed by atoms with Gasteiger partial charge in [0.15, 0.2) is 0 Å². The number of amides is 2. The Kier molecular flexibility index (Phi) is 5.38. The number of rotatable bonds is 5. The Morgan fingerprint density at radius 2 is 1.87 bits per heavy atom. The van der Waals surface area contributed by atoms with Gasteiger partial charge in [-0.2, -0.15) is 0 Å². The average molecular weight is 334 g/mol. The molecule has 2 amide bonds. The van der Waals surface area contributed by atoms with Gasteiger partial charge in [-0.3, -0.25) is 9.59 Å². The lowest BCUT2D eigenvalue weighted by atomic mass is 10.0. The van der Waals surface area contributed by atoms with E-state index in [-0.39, 0.29) is 12.5 Å². The lowest BCUT2D eigenvalue weighted by molar-refractivity contribution is -0.139. The monoisotopic (exact) mass is 334 g/mol. The molecule has 1 aromatic carbocycles. The molecule has 0 aliphatic carbocycles. The van der Waals surface area contributed by atoms with E-state index in [0.717, 1.165) is 15.0 Å². The van der Waals surface area contributed by atoms with Crippen molar-refractivity contribution in [3.8, 4) is 0 Å². The van der Waals surface area contributed by atoms with Gasteiger partial charge in [-0.15, -0.1) is 11.3 Å². The van der Waals surface area contributed by atoms with E-state index >= 15 is 0 Å². The van der Waals surface area contributed by atoms with Crippen LogP contribution in [0.5, 0.6) is 0 Å². The molecule has 6 heteroatoms. The Morgan fingerprint density at radius 3 is 2.52 bits per heavy atom. The minimum atomic E-state index is -1.22. The van der Waals surface area contributed by atoms with Gasteiger partial charge < -0.3 is 15.7 Å². The van der Waals surface area contributed by atoms with Crippen LogP contribution in [0.4, 0.5) is 0 Å². The molecule has 2 aromatic rings. The van der Waals surface area contributed by atoms with Crippen LogP contribution in [0, 0.1) is 5.92 Å². The van der Waals surface area contributed by atoms with Crippen LogP contribution in [-0.4, -0.2) is 30.0 Å². The number of hydrogen-bond donors (Lipinski definition) is 3. The Morgan fingerprint density at radius 1 is 1.22 bits per heavy atom. The van der Waals surface area contributed by atoms with E-state index in [9.17, 15) is 14.7 Å². The highest BCUT2D eigenvalue weighted by Crippen LogP contribution is 2.32. The lowest BCUT2D eigenvalue weighted by Crippen LogP contribution is -2.45. The van der Waals surface area contributed by atoms with Gasteiger partial charge in [0.2, 0.25) is 0 Å². The quantitative estimate of drug-likeness (QED) is 0.732. The van der Waals surface area contributed by atoms with Gasteiger partial charge in [-0.25, -0.2) is 0 Å². The number of thiophene rings is 1. The summed E-state index contributed by atoms with van der Waals surface area (Å²) in [7, 11) is 0. The number of carbonyl (C=O) groups excluding carboxylic acids is 2. The van der Waals surface area contributed by atoms with Crippen molar-refractivity contribution >= 4 is 33.2 Å². The van der Waals surface area contributed by atoms with Crippen molar-refractivity contribution in [2.75, 3.05) is 13.1 Å². The van der Waals surface area contributed by atoms with E-state index in [4.69, 9.17) is 0 Å². The highest BCUT2D eigenvalue weighted by molar-refractivity contribution is 7.19. The van der Waals surface area contributed by atoms with Crippen LogP contribution in [0.25, 0.3) is 10.1 Å². The van der Waals surface area contributed by atoms with Crippen molar-refractivity contribution in [1.82, 2.24) is 10.6 Å². The fourth-order valence-corrected chi connectivity index (χ4v) is 3.15. The average Bonchev–Trinajstić information content (AvgIpc) is 2.95. The van der Waals surface area contributed by atoms with Crippen molar-refractivity contribution in [2.45, 2.75) is 26.4 Å². The lowest BCUT2D eigenvalue weighted by Gasteiger charge is -2.22. The van der Waals surface area contributed by atoms with Crippen LogP contribution >= 0.6 is 11.3 Å². The maximum atomic E-state index is 11.8. The molecular formula is C17H22N2O3S. The third-order valence-electron chi connectivity index (χ3n) is 3.43. The first-order chi connectivity index (χ1) is 10.8. The van der Waals surface area contributed by atoms with Crippen LogP contribution in [0.1, 0.15) is 25.6 Å². The Bertz CT molecular complexity index is 674. The molecule has 1 atom stereocenters. The summed E-state index contributed by atoms with van der Waals surface area (Å²) in [4.78, 5) is 24.2. The molecule has 124 valence electrons. The topological polar surface area (TPSA) is 78.4 Å². The van der Waals surface area contributed by atoms with Gasteiger partial charge in [0.1, 0.15) is 5.60 Å². The molecule has 1 heterocycles. The first kappa shape index (κ1) is 17.4. The van der Waals surface area contributed by atoms with Crippen LogP contribution in [0.3, 0.4) is 0 Å². The molecule has 0 spiro atoms. The Balaban J connectivity index is 1.98. The molecule has 1 unspecified atom stereocenters. The largest absolute Gasteiger partial charge is 0.383 e. The highest BCUT2D eigenvalue weighted by Gasteiger charge is 2.27. The molecule has 0 radical (unpaired) electrons. The van der Waals surface area contributed by atoms with E-state index in [2.05, 4.69) is 10.6 Å². The zero-order chi connectivity index (χ0) is 17.0. The van der Waals surface area contributed by atoms with E-state index in [1.807, 2.05) is 44.2 Å². The van der Waals surface area contributed by atoms with Crippen molar-refractivity contribution in [1.29, 1.82) is 0 Å². The van der Waals surface area contributed by atoms with Gasteiger partial charge >= 0.3 is 11.8 Å². The molecule has 0 saturated heterocycles. The predicted octanol–water partition coefficient (Wildman–Crippen LogP) is 2.00. The molecular weight excluding hydrogens is 312 g/mol. The van der Waals surface area contributed by atoms with E-state index < -0.39 is 17.4 Å². The summed E-state index contributed by atoms with van der Waals surface area (Å²) in [5.74, 6) is -1.13. The van der Waals surface area contributed by atoms with Gasteiger partial charge in [0.25, 0.3) is 0 Å². The number of hydrogen-bond acceptors (Lipinski definition) is 4. The standard InChI is InChI=1S/C17H22N2O3S/c1-11(2)9-18-15(20)16(21)19-10-17(3,22)14-8-12-6-4-5-7-13(12)23-14/h4-8,11,22H,9-10H2,1-3H3,(H,18,20)(H,19,21). The van der Waals surface area contributed by atoms with Gasteiger partial charge in [-0.1, -0.05) is 32.0 Å². The molecule has 1 aromatic heterocycles. The molecule has 23 heavy (non-hydrogen) atoms. The number of carbonyl (C=O) groups is 2. The van der Waals surface area contributed by atoms with Crippen LogP contribution < -0.4 is 10.6 Å². The van der Waals surface area contributed by atoms with Gasteiger partial charge in [0, 0.05) is 16.1 Å². The third-order valence-corrected chi connectivity index (χ3v) is 4.80. The fourth-order valence-electron chi connectivity index (χ4n) is 2.04. The molecule has 0 aliphatic heterocycles. The number of aliphatic hydroxyl groups is 1. The highest BCUT2D eigenvalue weighted by atomic mass is 32.1. The van der Waals surface area contributed by atoms with E-state index in [1.165, 1.54) is 11.3 Å². The van der Waals surface area contributed by atoms with E-state index in [0.29, 0.717) is 6.54 Å². The molecule has 0 aliphatic rings. The maximum Gasteiger partial charge on any atom is 0.309 e. The van der Waals surface area contributed by atoms with Crippen molar-refractivity contribution in [3.05, 3.63) is 35.2 Å². The smallest absolute Gasteiger partial charge is 0.309 e. The summed E-state index contributed by atoms with van der Waals surface area (Å²) >= 11 is 1.48. The summed E-state index contributed by atoms with van der Waals surface area (Å²) in [5.41, 5.74) is -1.22. The van der Waals surface area contributed by atoms with Crippen LogP contribution in [0.2, 0.25) is 0 Å². The molecule has 3 N–H and O–H groups in total. The first-order valence-corrected chi connectivity index (χ1v) is 8.38. The van der Waals surface area contributed by atoms with Gasteiger partial charge in [-0.05, 0) is 30.4 Å². The summed E-state index contributed by atoms with van der Waals surface area (Å²) in [6.45, 7) is 5.95. The summed E-state index contributed by atoms with van der Waals surface area (Å²) in [6.07, 6.45) is 0. The molecule has 0 fully saturated rings. The second kappa shape index (κ2) is 7.10. The zero-order valence-electron chi connectivity index (χ0n) is 13.6.